The van der Waals surface area contributed by atoms with Crippen LogP contribution >= 0.6 is 0 Å². The van der Waals surface area contributed by atoms with Crippen molar-refractivity contribution in [3.63, 3.8) is 0 Å². The zero-order valence-corrected chi connectivity index (χ0v) is 8.64. The fourth-order valence-electron chi connectivity index (χ4n) is 1.12. The first-order valence-electron chi connectivity index (χ1n) is 4.88. The SMILES string of the molecule is CCC/C(=C\Oc1ccccc1)C(=O)O. The number of hydrogen-bond acceptors (Lipinski definition) is 2. The normalized spacial score (nSPS) is 11.1. The molecule has 0 fully saturated rings. The molecule has 80 valence electrons. The van der Waals surface area contributed by atoms with Crippen molar-refractivity contribution in [2.45, 2.75) is 19.8 Å². The molecule has 0 saturated carbocycles. The Morgan fingerprint density at radius 3 is 2.60 bits per heavy atom. The molecule has 0 unspecified atom stereocenters. The molecule has 3 nitrogen and oxygen atoms in total. The van der Waals surface area contributed by atoms with Gasteiger partial charge in [0, 0.05) is 0 Å². The smallest absolute Gasteiger partial charge is 0.334 e. The molecule has 1 aromatic rings. The number of carboxylic acids is 1. The lowest BCUT2D eigenvalue weighted by atomic mass is 10.2. The van der Waals surface area contributed by atoms with E-state index in [0.29, 0.717) is 17.7 Å². The van der Waals surface area contributed by atoms with Gasteiger partial charge in [0.05, 0.1) is 5.57 Å². The Morgan fingerprint density at radius 2 is 2.07 bits per heavy atom. The summed E-state index contributed by atoms with van der Waals surface area (Å²) >= 11 is 0. The average Bonchev–Trinajstić information content (AvgIpc) is 2.25. The molecule has 3 heteroatoms. The van der Waals surface area contributed by atoms with E-state index in [1.165, 1.54) is 6.26 Å². The predicted octanol–water partition coefficient (Wildman–Crippen LogP) is 2.83. The van der Waals surface area contributed by atoms with Gasteiger partial charge in [0.1, 0.15) is 12.0 Å². The third kappa shape index (κ3) is 3.85. The lowest BCUT2D eigenvalue weighted by molar-refractivity contribution is -0.132. The number of ether oxygens (including phenoxy) is 1. The molecule has 0 aliphatic carbocycles. The van der Waals surface area contributed by atoms with Crippen LogP contribution in [0.2, 0.25) is 0 Å². The van der Waals surface area contributed by atoms with E-state index in [1.54, 1.807) is 12.1 Å². The van der Waals surface area contributed by atoms with Crippen molar-refractivity contribution in [2.75, 3.05) is 0 Å². The van der Waals surface area contributed by atoms with E-state index in [1.807, 2.05) is 25.1 Å². The molecule has 0 radical (unpaired) electrons. The Balaban J connectivity index is 2.65. The third-order valence-corrected chi connectivity index (χ3v) is 1.87. The van der Waals surface area contributed by atoms with Gasteiger partial charge in [-0.3, -0.25) is 0 Å². The van der Waals surface area contributed by atoms with Crippen molar-refractivity contribution in [1.29, 1.82) is 0 Å². The minimum Gasteiger partial charge on any atom is -0.478 e. The highest BCUT2D eigenvalue weighted by Crippen LogP contribution is 2.11. The number of aliphatic carboxylic acids is 1. The molecule has 1 N–H and O–H groups in total. The molecular formula is C12H14O3. The van der Waals surface area contributed by atoms with Crippen LogP contribution in [-0.4, -0.2) is 11.1 Å². The van der Waals surface area contributed by atoms with Crippen LogP contribution in [0.1, 0.15) is 19.8 Å². The summed E-state index contributed by atoms with van der Waals surface area (Å²) in [6.45, 7) is 1.93. The average molecular weight is 206 g/mol. The maximum atomic E-state index is 10.8. The zero-order chi connectivity index (χ0) is 11.1. The summed E-state index contributed by atoms with van der Waals surface area (Å²) in [4.78, 5) is 10.8. The van der Waals surface area contributed by atoms with E-state index >= 15 is 0 Å². The Morgan fingerprint density at radius 1 is 1.40 bits per heavy atom. The number of hydrogen-bond donors (Lipinski definition) is 1. The summed E-state index contributed by atoms with van der Waals surface area (Å²) in [5.41, 5.74) is 0.293. The number of benzene rings is 1. The highest BCUT2D eigenvalue weighted by molar-refractivity contribution is 5.86. The largest absolute Gasteiger partial charge is 0.478 e. The van der Waals surface area contributed by atoms with Crippen LogP contribution in [0.25, 0.3) is 0 Å². The molecule has 0 bridgehead atoms. The Kier molecular flexibility index (Phi) is 4.41. The van der Waals surface area contributed by atoms with E-state index in [9.17, 15) is 4.79 Å². The van der Waals surface area contributed by atoms with Crippen LogP contribution < -0.4 is 4.74 Å². The fraction of sp³-hybridized carbons (Fsp3) is 0.250. The Labute approximate surface area is 89.0 Å². The molecular weight excluding hydrogens is 192 g/mol. The summed E-state index contributed by atoms with van der Waals surface area (Å²) in [7, 11) is 0. The minimum absolute atomic E-state index is 0.293. The van der Waals surface area contributed by atoms with Gasteiger partial charge in [-0.1, -0.05) is 31.5 Å². The Bertz CT molecular complexity index is 341. The second kappa shape index (κ2) is 5.86. The van der Waals surface area contributed by atoms with Crippen molar-refractivity contribution in [3.8, 4) is 5.75 Å². The molecule has 15 heavy (non-hydrogen) atoms. The highest BCUT2D eigenvalue weighted by Gasteiger charge is 2.05. The second-order valence-corrected chi connectivity index (χ2v) is 3.13. The van der Waals surface area contributed by atoms with Gasteiger partial charge in [0.2, 0.25) is 0 Å². The van der Waals surface area contributed by atoms with Gasteiger partial charge < -0.3 is 9.84 Å². The van der Waals surface area contributed by atoms with Crippen LogP contribution in [0.15, 0.2) is 42.2 Å². The molecule has 1 rings (SSSR count). The molecule has 1 aromatic carbocycles. The number of carbonyl (C=O) groups is 1. The maximum Gasteiger partial charge on any atom is 0.334 e. The number of rotatable bonds is 5. The molecule has 0 amide bonds. The number of carboxylic acid groups (broad SMARTS) is 1. The van der Waals surface area contributed by atoms with Gasteiger partial charge >= 0.3 is 5.97 Å². The van der Waals surface area contributed by atoms with Crippen molar-refractivity contribution >= 4 is 5.97 Å². The second-order valence-electron chi connectivity index (χ2n) is 3.13. The summed E-state index contributed by atoms with van der Waals surface area (Å²) in [5, 5.41) is 8.83. The van der Waals surface area contributed by atoms with Crippen LogP contribution in [0.3, 0.4) is 0 Å². The molecule has 0 aliphatic rings. The zero-order valence-electron chi connectivity index (χ0n) is 8.64. The first kappa shape index (κ1) is 11.3. The highest BCUT2D eigenvalue weighted by atomic mass is 16.5. The monoisotopic (exact) mass is 206 g/mol. The Hall–Kier alpha value is -1.77. The lowest BCUT2D eigenvalue weighted by Crippen LogP contribution is -2.02. The summed E-state index contributed by atoms with van der Waals surface area (Å²) < 4.78 is 5.24. The third-order valence-electron chi connectivity index (χ3n) is 1.87. The standard InChI is InChI=1S/C12H14O3/c1-2-6-10(12(13)14)9-15-11-7-4-3-5-8-11/h3-5,7-9H,2,6H2,1H3,(H,13,14)/b10-9+. The fourth-order valence-corrected chi connectivity index (χ4v) is 1.12. The van der Waals surface area contributed by atoms with E-state index < -0.39 is 5.97 Å². The van der Waals surface area contributed by atoms with Crippen molar-refractivity contribution < 1.29 is 14.6 Å². The summed E-state index contributed by atoms with van der Waals surface area (Å²) in [6, 6.07) is 9.11. The van der Waals surface area contributed by atoms with Gasteiger partial charge in [-0.25, -0.2) is 4.79 Å². The van der Waals surface area contributed by atoms with Crippen molar-refractivity contribution in [3.05, 3.63) is 42.2 Å². The van der Waals surface area contributed by atoms with E-state index in [-0.39, 0.29) is 0 Å². The van der Waals surface area contributed by atoms with Crippen LogP contribution in [0.5, 0.6) is 5.75 Å². The van der Waals surface area contributed by atoms with Gasteiger partial charge in [-0.15, -0.1) is 0 Å². The van der Waals surface area contributed by atoms with E-state index in [0.717, 1.165) is 6.42 Å². The van der Waals surface area contributed by atoms with Crippen LogP contribution in [0.4, 0.5) is 0 Å². The first-order chi connectivity index (χ1) is 7.24. The van der Waals surface area contributed by atoms with Crippen LogP contribution in [0, 0.1) is 0 Å². The molecule has 0 atom stereocenters. The summed E-state index contributed by atoms with van der Waals surface area (Å²) in [6.07, 6.45) is 2.61. The van der Waals surface area contributed by atoms with E-state index in [2.05, 4.69) is 0 Å². The molecule has 0 saturated heterocycles. The predicted molar refractivity (Wildman–Crippen MR) is 57.7 cm³/mol. The van der Waals surface area contributed by atoms with Gasteiger partial charge in [-0.05, 0) is 18.6 Å². The first-order valence-corrected chi connectivity index (χ1v) is 4.88. The van der Waals surface area contributed by atoms with Crippen LogP contribution in [-0.2, 0) is 4.79 Å². The van der Waals surface area contributed by atoms with E-state index in [4.69, 9.17) is 9.84 Å². The van der Waals surface area contributed by atoms with Crippen molar-refractivity contribution in [2.24, 2.45) is 0 Å². The molecule has 0 heterocycles. The quantitative estimate of drug-likeness (QED) is 0.595. The molecule has 0 aliphatic heterocycles. The van der Waals surface area contributed by atoms with Crippen molar-refractivity contribution in [1.82, 2.24) is 0 Å². The maximum absolute atomic E-state index is 10.8. The van der Waals surface area contributed by atoms with Gasteiger partial charge in [-0.2, -0.15) is 0 Å². The summed E-state index contributed by atoms with van der Waals surface area (Å²) in [5.74, 6) is -0.278. The van der Waals surface area contributed by atoms with Gasteiger partial charge in [0.15, 0.2) is 0 Å². The topological polar surface area (TPSA) is 46.5 Å². The lowest BCUT2D eigenvalue weighted by Gasteiger charge is -2.02. The minimum atomic E-state index is -0.923. The molecule has 0 aromatic heterocycles. The number of para-hydroxylation sites is 1. The molecule has 0 spiro atoms. The van der Waals surface area contributed by atoms with Gasteiger partial charge in [0.25, 0.3) is 0 Å².